The Bertz CT molecular complexity index is 929. The first-order chi connectivity index (χ1) is 16.1. The third-order valence-electron chi connectivity index (χ3n) is 11.8. The Hall–Kier alpha value is -1.17. The first kappa shape index (κ1) is 26.9. The lowest BCUT2D eigenvalue weighted by molar-refractivity contribution is -0.157. The van der Waals surface area contributed by atoms with Crippen molar-refractivity contribution in [3.8, 4) is 0 Å². The smallest absolute Gasteiger partial charge is 0.306 e. The molecule has 0 aliphatic heterocycles. The molecule has 0 amide bonds. The van der Waals surface area contributed by atoms with Crippen molar-refractivity contribution >= 4 is 5.97 Å². The number of hydrogen-bond acceptors (Lipinski definition) is 4. The molecular formula is C30H48O5. The molecule has 0 radical (unpaired) electrons. The van der Waals surface area contributed by atoms with Crippen LogP contribution >= 0.6 is 0 Å². The number of carbonyl (C=O) groups is 1. The first-order valence-corrected chi connectivity index (χ1v) is 13.8. The molecule has 0 saturated heterocycles. The van der Waals surface area contributed by atoms with E-state index in [1.807, 2.05) is 13.8 Å². The monoisotopic (exact) mass is 488 g/mol. The van der Waals surface area contributed by atoms with Crippen molar-refractivity contribution in [2.75, 3.05) is 0 Å². The second kappa shape index (κ2) is 8.70. The van der Waals surface area contributed by atoms with E-state index in [1.54, 1.807) is 0 Å². The number of aliphatic hydroxyl groups excluding tert-OH is 3. The summed E-state index contributed by atoms with van der Waals surface area (Å²) >= 11 is 0. The summed E-state index contributed by atoms with van der Waals surface area (Å²) in [5.74, 6) is -1.13. The van der Waals surface area contributed by atoms with Crippen molar-refractivity contribution in [2.24, 2.45) is 39.4 Å². The van der Waals surface area contributed by atoms with Gasteiger partial charge in [-0.1, -0.05) is 57.4 Å². The van der Waals surface area contributed by atoms with E-state index in [-0.39, 0.29) is 22.7 Å². The highest BCUT2D eigenvalue weighted by atomic mass is 16.4. The Labute approximate surface area is 211 Å². The maximum Gasteiger partial charge on any atom is 0.306 e. The number of carboxylic acids is 1. The number of rotatable bonds is 5. The van der Waals surface area contributed by atoms with Crippen molar-refractivity contribution in [3.05, 3.63) is 22.8 Å². The summed E-state index contributed by atoms with van der Waals surface area (Å²) < 4.78 is 0. The molecule has 4 aliphatic rings. The second-order valence-corrected chi connectivity index (χ2v) is 13.7. The van der Waals surface area contributed by atoms with Crippen LogP contribution in [0.3, 0.4) is 0 Å². The highest BCUT2D eigenvalue weighted by molar-refractivity contribution is 5.71. The van der Waals surface area contributed by atoms with Crippen LogP contribution in [0.2, 0.25) is 0 Å². The van der Waals surface area contributed by atoms with Gasteiger partial charge in [-0.3, -0.25) is 4.79 Å². The highest BCUT2D eigenvalue weighted by Gasteiger charge is 2.68. The van der Waals surface area contributed by atoms with Crippen LogP contribution in [-0.4, -0.2) is 44.7 Å². The fraction of sp³-hybridized carbons (Fsp3) is 0.833. The SMILES string of the molecule is CC(C)=CCC[C@@H](C(=O)O)[C@H]1C[C@H](O)[C@@]2(C)C3=C(CC[C@]12C)[C@]1(C)C(CC3)C(C)(C)[C@@H](O)C[C@H]1O. The van der Waals surface area contributed by atoms with E-state index in [1.165, 1.54) is 16.7 Å². The molecule has 2 saturated carbocycles. The molecule has 5 nitrogen and oxygen atoms in total. The summed E-state index contributed by atoms with van der Waals surface area (Å²) in [5.41, 5.74) is 2.25. The molecule has 9 atom stereocenters. The summed E-state index contributed by atoms with van der Waals surface area (Å²) in [6.45, 7) is 15.0. The van der Waals surface area contributed by atoms with Gasteiger partial charge in [0.2, 0.25) is 0 Å². The molecule has 2 fully saturated rings. The van der Waals surface area contributed by atoms with Gasteiger partial charge in [-0.15, -0.1) is 0 Å². The van der Waals surface area contributed by atoms with Gasteiger partial charge in [0.1, 0.15) is 0 Å². The molecule has 35 heavy (non-hydrogen) atoms. The molecule has 4 aliphatic carbocycles. The van der Waals surface area contributed by atoms with Gasteiger partial charge in [-0.25, -0.2) is 0 Å². The summed E-state index contributed by atoms with van der Waals surface area (Å²) in [5, 5.41) is 44.1. The normalized spacial score (nSPS) is 45.3. The van der Waals surface area contributed by atoms with Crippen molar-refractivity contribution in [3.63, 3.8) is 0 Å². The number of carboxylic acid groups (broad SMARTS) is 1. The number of aliphatic carboxylic acids is 1. The van der Waals surface area contributed by atoms with Gasteiger partial charge < -0.3 is 20.4 Å². The number of fused-ring (bicyclic) bond motifs is 4. The van der Waals surface area contributed by atoms with Crippen molar-refractivity contribution < 1.29 is 25.2 Å². The van der Waals surface area contributed by atoms with E-state index in [0.717, 1.165) is 32.1 Å². The molecule has 0 aromatic heterocycles. The molecule has 4 rings (SSSR count). The van der Waals surface area contributed by atoms with Crippen LogP contribution in [0.4, 0.5) is 0 Å². The Morgan fingerprint density at radius 2 is 1.63 bits per heavy atom. The summed E-state index contributed by atoms with van der Waals surface area (Å²) in [6.07, 6.45) is 6.02. The lowest BCUT2D eigenvalue weighted by Crippen LogP contribution is -2.61. The summed E-state index contributed by atoms with van der Waals surface area (Å²) in [6, 6.07) is 0. The van der Waals surface area contributed by atoms with E-state index in [4.69, 9.17) is 0 Å². The molecule has 0 aromatic rings. The molecule has 5 heteroatoms. The van der Waals surface area contributed by atoms with Gasteiger partial charge in [0.05, 0.1) is 24.2 Å². The van der Waals surface area contributed by atoms with Crippen LogP contribution in [-0.2, 0) is 4.79 Å². The predicted molar refractivity (Wildman–Crippen MR) is 138 cm³/mol. The van der Waals surface area contributed by atoms with Crippen LogP contribution in [0.15, 0.2) is 22.8 Å². The summed E-state index contributed by atoms with van der Waals surface area (Å²) in [4.78, 5) is 12.5. The molecule has 0 aromatic carbocycles. The minimum atomic E-state index is -0.747. The molecule has 0 bridgehead atoms. The molecule has 4 N–H and O–H groups in total. The lowest BCUT2D eigenvalue weighted by Gasteiger charge is -2.63. The molecule has 1 unspecified atom stereocenters. The van der Waals surface area contributed by atoms with Gasteiger partial charge in [-0.05, 0) is 81.5 Å². The highest BCUT2D eigenvalue weighted by Crippen LogP contribution is 2.72. The summed E-state index contributed by atoms with van der Waals surface area (Å²) in [7, 11) is 0. The number of aliphatic hydroxyl groups is 3. The molecular weight excluding hydrogens is 440 g/mol. The zero-order valence-corrected chi connectivity index (χ0v) is 22.9. The fourth-order valence-electron chi connectivity index (χ4n) is 9.37. The van der Waals surface area contributed by atoms with Gasteiger partial charge in [0.25, 0.3) is 0 Å². The average Bonchev–Trinajstić information content (AvgIpc) is 2.96. The van der Waals surface area contributed by atoms with E-state index >= 15 is 0 Å². The van der Waals surface area contributed by atoms with Crippen LogP contribution in [0.5, 0.6) is 0 Å². The predicted octanol–water partition coefficient (Wildman–Crippen LogP) is 5.49. The van der Waals surface area contributed by atoms with Crippen LogP contribution in [0.1, 0.15) is 99.8 Å². The minimum Gasteiger partial charge on any atom is -0.481 e. The van der Waals surface area contributed by atoms with E-state index in [9.17, 15) is 25.2 Å². The number of hydrogen-bond donors (Lipinski definition) is 4. The maximum atomic E-state index is 12.5. The van der Waals surface area contributed by atoms with Gasteiger partial charge in [0.15, 0.2) is 0 Å². The van der Waals surface area contributed by atoms with Crippen LogP contribution in [0, 0.1) is 39.4 Å². The maximum absolute atomic E-state index is 12.5. The van der Waals surface area contributed by atoms with Crippen LogP contribution in [0.25, 0.3) is 0 Å². The first-order valence-electron chi connectivity index (χ1n) is 13.8. The molecule has 198 valence electrons. The van der Waals surface area contributed by atoms with Gasteiger partial charge in [-0.2, -0.15) is 0 Å². The zero-order chi connectivity index (χ0) is 26.1. The topological polar surface area (TPSA) is 98.0 Å². The lowest BCUT2D eigenvalue weighted by atomic mass is 9.42. The second-order valence-electron chi connectivity index (χ2n) is 13.7. The Balaban J connectivity index is 1.77. The third kappa shape index (κ3) is 3.62. The molecule has 0 spiro atoms. The van der Waals surface area contributed by atoms with Crippen molar-refractivity contribution in [2.45, 2.75) is 118 Å². The Morgan fingerprint density at radius 1 is 0.971 bits per heavy atom. The van der Waals surface area contributed by atoms with Gasteiger partial charge >= 0.3 is 5.97 Å². The van der Waals surface area contributed by atoms with E-state index in [0.29, 0.717) is 19.3 Å². The largest absolute Gasteiger partial charge is 0.481 e. The quantitative estimate of drug-likeness (QED) is 0.384. The standard InChI is InChI=1S/C30H48O5/c1-17(2)9-8-10-18(26(34)35)21-15-25(33)30(7)20-11-12-22-27(3,4)23(31)16-24(32)29(22,6)19(20)13-14-28(21,30)5/h9,18,21-25,31-33H,8,10-16H2,1-7H3,(H,34,35)/t18-,21-,22?,23+,24-,25+,28-,29-,30-/m1/s1. The Kier molecular flexibility index (Phi) is 6.68. The number of allylic oxidation sites excluding steroid dienone is 2. The third-order valence-corrected chi connectivity index (χ3v) is 11.8. The van der Waals surface area contributed by atoms with E-state index in [2.05, 4.69) is 40.7 Å². The van der Waals surface area contributed by atoms with Gasteiger partial charge in [0, 0.05) is 17.3 Å². The van der Waals surface area contributed by atoms with Crippen molar-refractivity contribution in [1.29, 1.82) is 0 Å². The zero-order valence-electron chi connectivity index (χ0n) is 22.9. The average molecular weight is 489 g/mol. The van der Waals surface area contributed by atoms with E-state index < -0.39 is 41.0 Å². The minimum absolute atomic E-state index is 0.0836. The Morgan fingerprint density at radius 3 is 2.23 bits per heavy atom. The molecule has 0 heterocycles. The van der Waals surface area contributed by atoms with Crippen molar-refractivity contribution in [1.82, 2.24) is 0 Å². The van der Waals surface area contributed by atoms with Crippen LogP contribution < -0.4 is 0 Å². The fourth-order valence-corrected chi connectivity index (χ4v) is 9.37.